The van der Waals surface area contributed by atoms with E-state index in [1.165, 1.54) is 0 Å². The number of hydrogen-bond donors (Lipinski definition) is 1. The molecule has 88 valence electrons. The number of carbonyl (C=O) groups excluding carboxylic acids is 1. The van der Waals surface area contributed by atoms with Crippen molar-refractivity contribution in [3.63, 3.8) is 0 Å². The van der Waals surface area contributed by atoms with E-state index in [1.54, 1.807) is 30.1 Å². The number of amides is 1. The van der Waals surface area contributed by atoms with E-state index in [-0.39, 0.29) is 11.9 Å². The van der Waals surface area contributed by atoms with Crippen LogP contribution in [-0.4, -0.2) is 30.4 Å². The SMILES string of the molecule is CN1CCC(Nc2ccc(Cl)cc2C#N)C1=O. The highest BCUT2D eigenvalue weighted by molar-refractivity contribution is 6.30. The van der Waals surface area contributed by atoms with Crippen molar-refractivity contribution in [3.8, 4) is 6.07 Å². The monoisotopic (exact) mass is 249 g/mol. The van der Waals surface area contributed by atoms with Crippen molar-refractivity contribution in [2.45, 2.75) is 12.5 Å². The van der Waals surface area contributed by atoms with Crippen LogP contribution in [0.3, 0.4) is 0 Å². The zero-order valence-electron chi connectivity index (χ0n) is 9.40. The molecule has 0 aromatic heterocycles. The molecule has 1 aromatic rings. The summed E-state index contributed by atoms with van der Waals surface area (Å²) in [5.41, 5.74) is 1.12. The van der Waals surface area contributed by atoms with Crippen LogP contribution in [0.15, 0.2) is 18.2 Å². The summed E-state index contributed by atoms with van der Waals surface area (Å²) in [5, 5.41) is 12.6. The van der Waals surface area contributed by atoms with Crippen molar-refractivity contribution in [1.29, 1.82) is 5.26 Å². The summed E-state index contributed by atoms with van der Waals surface area (Å²) in [6.45, 7) is 0.742. The van der Waals surface area contributed by atoms with Crippen LogP contribution < -0.4 is 5.32 Å². The summed E-state index contributed by atoms with van der Waals surface area (Å²) >= 11 is 5.81. The zero-order chi connectivity index (χ0) is 12.4. The molecule has 1 aliphatic rings. The summed E-state index contributed by atoms with van der Waals surface area (Å²) in [7, 11) is 1.77. The van der Waals surface area contributed by atoms with Crippen LogP contribution in [0.25, 0.3) is 0 Å². The van der Waals surface area contributed by atoms with Crippen molar-refractivity contribution in [2.75, 3.05) is 18.9 Å². The molecule has 1 fully saturated rings. The van der Waals surface area contributed by atoms with Crippen molar-refractivity contribution in [2.24, 2.45) is 0 Å². The number of hydrogen-bond acceptors (Lipinski definition) is 3. The summed E-state index contributed by atoms with van der Waals surface area (Å²) in [5.74, 6) is 0.0591. The first kappa shape index (κ1) is 11.7. The second-order valence-corrected chi connectivity index (χ2v) is 4.48. The Balaban J connectivity index is 2.20. The number of nitriles is 1. The van der Waals surface area contributed by atoms with Crippen LogP contribution in [0.5, 0.6) is 0 Å². The third-order valence-corrected chi connectivity index (χ3v) is 3.09. The standard InChI is InChI=1S/C12H12ClN3O/c1-16-5-4-11(12(16)17)15-10-3-2-9(13)6-8(10)7-14/h2-3,6,11,15H,4-5H2,1H3. The van der Waals surface area contributed by atoms with E-state index in [0.29, 0.717) is 16.3 Å². The molecule has 0 bridgehead atoms. The Morgan fingerprint density at radius 2 is 2.35 bits per heavy atom. The Bertz CT molecular complexity index is 495. The highest BCUT2D eigenvalue weighted by Crippen LogP contribution is 2.22. The van der Waals surface area contributed by atoms with Gasteiger partial charge in [0, 0.05) is 18.6 Å². The molecule has 17 heavy (non-hydrogen) atoms. The molecule has 0 radical (unpaired) electrons. The van der Waals surface area contributed by atoms with Gasteiger partial charge in [-0.3, -0.25) is 4.79 Å². The zero-order valence-corrected chi connectivity index (χ0v) is 10.2. The normalized spacial score (nSPS) is 19.2. The van der Waals surface area contributed by atoms with Crippen molar-refractivity contribution in [1.82, 2.24) is 4.90 Å². The number of rotatable bonds is 2. The maximum absolute atomic E-state index is 11.7. The Hall–Kier alpha value is -1.73. The average molecular weight is 250 g/mol. The van der Waals surface area contributed by atoms with Crippen LogP contribution in [0.2, 0.25) is 5.02 Å². The van der Waals surface area contributed by atoms with Gasteiger partial charge in [-0.25, -0.2) is 0 Å². The van der Waals surface area contributed by atoms with Gasteiger partial charge < -0.3 is 10.2 Å². The lowest BCUT2D eigenvalue weighted by Gasteiger charge is -2.14. The summed E-state index contributed by atoms with van der Waals surface area (Å²) in [6, 6.07) is 6.84. The van der Waals surface area contributed by atoms with E-state index < -0.39 is 0 Å². The average Bonchev–Trinajstić information content (AvgIpc) is 2.63. The fourth-order valence-electron chi connectivity index (χ4n) is 1.88. The lowest BCUT2D eigenvalue weighted by atomic mass is 10.1. The molecule has 1 atom stereocenters. The maximum atomic E-state index is 11.7. The van der Waals surface area contributed by atoms with Crippen molar-refractivity contribution < 1.29 is 4.79 Å². The van der Waals surface area contributed by atoms with E-state index in [1.807, 2.05) is 0 Å². The largest absolute Gasteiger partial charge is 0.373 e. The van der Waals surface area contributed by atoms with Gasteiger partial charge in [0.05, 0.1) is 11.3 Å². The molecule has 5 heteroatoms. The van der Waals surface area contributed by atoms with Gasteiger partial charge in [-0.15, -0.1) is 0 Å². The quantitative estimate of drug-likeness (QED) is 0.870. The summed E-state index contributed by atoms with van der Waals surface area (Å²) in [4.78, 5) is 13.4. The molecule has 1 saturated heterocycles. The fraction of sp³-hybridized carbons (Fsp3) is 0.333. The van der Waals surface area contributed by atoms with Crippen molar-refractivity contribution in [3.05, 3.63) is 28.8 Å². The minimum Gasteiger partial charge on any atom is -0.373 e. The second kappa shape index (κ2) is 4.64. The number of nitrogens with zero attached hydrogens (tertiary/aromatic N) is 2. The molecule has 1 heterocycles. The second-order valence-electron chi connectivity index (χ2n) is 4.05. The molecule has 4 nitrogen and oxygen atoms in total. The first-order chi connectivity index (χ1) is 8.11. The molecular weight excluding hydrogens is 238 g/mol. The molecule has 0 spiro atoms. The van der Waals surface area contributed by atoms with Crippen LogP contribution >= 0.6 is 11.6 Å². The van der Waals surface area contributed by atoms with Crippen LogP contribution in [0.4, 0.5) is 5.69 Å². The minimum atomic E-state index is -0.242. The Morgan fingerprint density at radius 3 is 2.94 bits per heavy atom. The van der Waals surface area contributed by atoms with Crippen LogP contribution in [0.1, 0.15) is 12.0 Å². The maximum Gasteiger partial charge on any atom is 0.244 e. The fourth-order valence-corrected chi connectivity index (χ4v) is 2.05. The van der Waals surface area contributed by atoms with Gasteiger partial charge in [-0.1, -0.05) is 11.6 Å². The number of benzene rings is 1. The van der Waals surface area contributed by atoms with Gasteiger partial charge >= 0.3 is 0 Å². The third kappa shape index (κ3) is 2.34. The van der Waals surface area contributed by atoms with Crippen LogP contribution in [0, 0.1) is 11.3 Å². The van der Waals surface area contributed by atoms with Gasteiger partial charge in [0.2, 0.25) is 5.91 Å². The summed E-state index contributed by atoms with van der Waals surface area (Å²) < 4.78 is 0. The number of anilines is 1. The summed E-state index contributed by atoms with van der Waals surface area (Å²) in [6.07, 6.45) is 0.753. The lowest BCUT2D eigenvalue weighted by Crippen LogP contribution is -2.31. The van der Waals surface area contributed by atoms with E-state index in [9.17, 15) is 4.79 Å². The van der Waals surface area contributed by atoms with Gasteiger partial charge in [0.15, 0.2) is 0 Å². The minimum absolute atomic E-state index is 0.0591. The Labute approximate surface area is 105 Å². The van der Waals surface area contributed by atoms with Gasteiger partial charge in [0.25, 0.3) is 0 Å². The lowest BCUT2D eigenvalue weighted by molar-refractivity contribution is -0.127. The number of halogens is 1. The van der Waals surface area contributed by atoms with E-state index in [2.05, 4.69) is 11.4 Å². The predicted molar refractivity (Wildman–Crippen MR) is 65.8 cm³/mol. The number of likely N-dealkylation sites (tertiary alicyclic amines) is 1. The number of likely N-dealkylation sites (N-methyl/N-ethyl adjacent to an activating group) is 1. The van der Waals surface area contributed by atoms with Crippen LogP contribution in [-0.2, 0) is 4.79 Å². The van der Waals surface area contributed by atoms with Gasteiger partial charge in [0.1, 0.15) is 12.1 Å². The molecule has 1 unspecified atom stereocenters. The Kier molecular flexibility index (Phi) is 3.21. The molecule has 0 aliphatic carbocycles. The topological polar surface area (TPSA) is 56.1 Å². The Morgan fingerprint density at radius 1 is 1.59 bits per heavy atom. The molecule has 1 aromatic carbocycles. The van der Waals surface area contributed by atoms with Gasteiger partial charge in [-0.05, 0) is 24.6 Å². The number of carbonyl (C=O) groups is 1. The first-order valence-corrected chi connectivity index (χ1v) is 5.71. The highest BCUT2D eigenvalue weighted by Gasteiger charge is 2.29. The first-order valence-electron chi connectivity index (χ1n) is 5.33. The molecular formula is C12H12ClN3O. The third-order valence-electron chi connectivity index (χ3n) is 2.86. The smallest absolute Gasteiger partial charge is 0.244 e. The number of nitrogens with one attached hydrogen (secondary N) is 1. The van der Waals surface area contributed by atoms with E-state index >= 15 is 0 Å². The van der Waals surface area contributed by atoms with E-state index in [0.717, 1.165) is 13.0 Å². The van der Waals surface area contributed by atoms with Gasteiger partial charge in [-0.2, -0.15) is 5.26 Å². The van der Waals surface area contributed by atoms with Crippen molar-refractivity contribution >= 4 is 23.2 Å². The molecule has 2 rings (SSSR count). The molecule has 0 saturated carbocycles. The molecule has 1 aliphatic heterocycles. The molecule has 1 N–H and O–H groups in total. The van der Waals surface area contributed by atoms with E-state index in [4.69, 9.17) is 16.9 Å². The molecule has 1 amide bonds. The predicted octanol–water partition coefficient (Wildman–Crippen LogP) is 1.85. The highest BCUT2D eigenvalue weighted by atomic mass is 35.5.